The fourth-order valence-electron chi connectivity index (χ4n) is 2.85. The molecule has 0 saturated carbocycles. The van der Waals surface area contributed by atoms with Gasteiger partial charge < -0.3 is 19.6 Å². The van der Waals surface area contributed by atoms with Crippen LogP contribution in [0.3, 0.4) is 0 Å². The van der Waals surface area contributed by atoms with E-state index in [1.54, 1.807) is 18.2 Å². The molecule has 6 nitrogen and oxygen atoms in total. The highest BCUT2D eigenvalue weighted by Crippen LogP contribution is 2.31. The van der Waals surface area contributed by atoms with E-state index in [4.69, 9.17) is 20.9 Å². The van der Waals surface area contributed by atoms with Gasteiger partial charge in [-0.25, -0.2) is 0 Å². The van der Waals surface area contributed by atoms with E-state index < -0.39 is 0 Å². The van der Waals surface area contributed by atoms with Gasteiger partial charge in [0.1, 0.15) is 5.75 Å². The lowest BCUT2D eigenvalue weighted by atomic mass is 10.1. The van der Waals surface area contributed by atoms with E-state index in [-0.39, 0.29) is 17.7 Å². The monoisotopic (exact) mass is 395 g/mol. The number of amides is 1. The number of ether oxygens (including phenoxy) is 1. The molecule has 0 radical (unpaired) electrons. The van der Waals surface area contributed by atoms with Crippen LogP contribution in [0, 0.1) is 0 Å². The van der Waals surface area contributed by atoms with Crippen LogP contribution in [-0.2, 0) is 0 Å². The molecular formula is C21H18ClN3O3. The van der Waals surface area contributed by atoms with Crippen molar-refractivity contribution in [3.63, 3.8) is 0 Å². The summed E-state index contributed by atoms with van der Waals surface area (Å²) in [5, 5.41) is 8.18. The van der Waals surface area contributed by atoms with Gasteiger partial charge in [-0.15, -0.1) is 0 Å². The molecule has 1 amide bonds. The molecule has 0 aliphatic heterocycles. The summed E-state index contributed by atoms with van der Waals surface area (Å²) in [6, 6.07) is 14.4. The zero-order valence-electron chi connectivity index (χ0n) is 15.3. The number of nitrogens with zero attached hydrogens (tertiary/aromatic N) is 1. The van der Waals surface area contributed by atoms with Gasteiger partial charge >= 0.3 is 0 Å². The van der Waals surface area contributed by atoms with Crippen LogP contribution in [-0.4, -0.2) is 22.2 Å². The van der Waals surface area contributed by atoms with Crippen LogP contribution in [0.15, 0.2) is 59.3 Å². The first-order chi connectivity index (χ1) is 13.5. The van der Waals surface area contributed by atoms with Crippen molar-refractivity contribution in [2.24, 2.45) is 0 Å². The average Bonchev–Trinajstić information content (AvgIpc) is 3.32. The highest BCUT2D eigenvalue weighted by Gasteiger charge is 2.15. The number of nitrogens with one attached hydrogen (secondary N) is 2. The number of carbonyl (C=O) groups is 1. The summed E-state index contributed by atoms with van der Waals surface area (Å²) in [4.78, 5) is 15.6. The Hall–Kier alpha value is -3.25. The largest absolute Gasteiger partial charge is 0.489 e. The summed E-state index contributed by atoms with van der Waals surface area (Å²) < 4.78 is 11.0. The molecule has 2 N–H and O–H groups in total. The first-order valence-electron chi connectivity index (χ1n) is 8.81. The van der Waals surface area contributed by atoms with Crippen LogP contribution >= 0.6 is 11.6 Å². The number of anilines is 1. The third-order valence-corrected chi connectivity index (χ3v) is 4.43. The molecular weight excluding hydrogens is 378 g/mol. The van der Waals surface area contributed by atoms with Gasteiger partial charge in [-0.3, -0.25) is 4.79 Å². The highest BCUT2D eigenvalue weighted by atomic mass is 35.5. The van der Waals surface area contributed by atoms with Gasteiger partial charge in [0, 0.05) is 34.4 Å². The summed E-state index contributed by atoms with van der Waals surface area (Å²) in [6.07, 6.45) is 1.87. The lowest BCUT2D eigenvalue weighted by Crippen LogP contribution is -2.11. The highest BCUT2D eigenvalue weighted by molar-refractivity contribution is 6.32. The fraction of sp³-hybridized carbons (Fsp3) is 0.143. The molecule has 0 atom stereocenters. The number of carbonyl (C=O) groups excluding carboxylic acids is 1. The van der Waals surface area contributed by atoms with Crippen molar-refractivity contribution in [1.82, 2.24) is 10.1 Å². The van der Waals surface area contributed by atoms with Gasteiger partial charge in [0.15, 0.2) is 11.5 Å². The average molecular weight is 396 g/mol. The minimum Gasteiger partial charge on any atom is -0.489 e. The molecule has 2 aromatic carbocycles. The molecule has 2 heterocycles. The maximum atomic E-state index is 12.5. The van der Waals surface area contributed by atoms with E-state index in [0.717, 1.165) is 10.9 Å². The minimum absolute atomic E-state index is 0.0226. The topological polar surface area (TPSA) is 80.1 Å². The Labute approximate surface area is 166 Å². The molecule has 0 bridgehead atoms. The van der Waals surface area contributed by atoms with E-state index in [1.165, 1.54) is 0 Å². The number of H-pyrrole nitrogens is 1. The third-order valence-electron chi connectivity index (χ3n) is 4.13. The molecule has 0 fully saturated rings. The summed E-state index contributed by atoms with van der Waals surface area (Å²) in [5.41, 5.74) is 2.58. The number of aromatic nitrogens is 2. The second kappa shape index (κ2) is 7.40. The van der Waals surface area contributed by atoms with Crippen molar-refractivity contribution in [3.05, 3.63) is 65.4 Å². The molecule has 2 aromatic heterocycles. The third kappa shape index (κ3) is 3.73. The van der Waals surface area contributed by atoms with Crippen molar-refractivity contribution >= 4 is 34.1 Å². The van der Waals surface area contributed by atoms with Crippen LogP contribution in [0.2, 0.25) is 5.02 Å². The number of hydrogen-bond acceptors (Lipinski definition) is 4. The molecule has 4 aromatic rings. The Morgan fingerprint density at radius 2 is 2.04 bits per heavy atom. The van der Waals surface area contributed by atoms with Crippen LogP contribution in [0.4, 0.5) is 5.69 Å². The van der Waals surface area contributed by atoms with Crippen molar-refractivity contribution in [2.45, 2.75) is 20.0 Å². The minimum atomic E-state index is -0.351. The van der Waals surface area contributed by atoms with E-state index in [0.29, 0.717) is 27.8 Å². The fourth-order valence-corrected chi connectivity index (χ4v) is 3.07. The van der Waals surface area contributed by atoms with Crippen LogP contribution in [0.1, 0.15) is 24.3 Å². The first-order valence-corrected chi connectivity index (χ1v) is 9.19. The van der Waals surface area contributed by atoms with Gasteiger partial charge in [-0.1, -0.05) is 16.8 Å². The summed E-state index contributed by atoms with van der Waals surface area (Å²) in [7, 11) is 0. The Bertz CT molecular complexity index is 1150. The lowest BCUT2D eigenvalue weighted by Gasteiger charge is -2.11. The van der Waals surface area contributed by atoms with Crippen LogP contribution < -0.4 is 10.1 Å². The van der Waals surface area contributed by atoms with E-state index in [1.807, 2.05) is 50.4 Å². The molecule has 0 aliphatic rings. The molecule has 4 rings (SSSR count). The molecule has 0 saturated heterocycles. The molecule has 0 spiro atoms. The SMILES string of the molecule is CC(C)Oc1ccc(-c2cc(C(=O)Nc3ccc4[nH]ccc4c3)no2)cc1Cl. The number of aromatic amines is 1. The maximum Gasteiger partial charge on any atom is 0.277 e. The standard InChI is InChI=1S/C21H18ClN3O3/c1-12(2)27-19-6-3-14(10-16(19)22)20-11-18(25-28-20)21(26)24-15-4-5-17-13(9-15)7-8-23-17/h3-12,23H,1-2H3,(H,24,26). The number of hydrogen-bond donors (Lipinski definition) is 2. The van der Waals surface area contributed by atoms with Gasteiger partial charge in [0.05, 0.1) is 11.1 Å². The van der Waals surface area contributed by atoms with Gasteiger partial charge in [0.2, 0.25) is 0 Å². The normalized spacial score (nSPS) is 11.1. The van der Waals surface area contributed by atoms with E-state index in [2.05, 4.69) is 15.5 Å². The van der Waals surface area contributed by atoms with Crippen LogP contribution in [0.5, 0.6) is 5.75 Å². The first kappa shape index (κ1) is 18.1. The molecule has 28 heavy (non-hydrogen) atoms. The zero-order chi connectivity index (χ0) is 19.7. The lowest BCUT2D eigenvalue weighted by molar-refractivity contribution is 0.101. The van der Waals surface area contributed by atoms with Crippen molar-refractivity contribution in [3.8, 4) is 17.1 Å². The quantitative estimate of drug-likeness (QED) is 0.466. The molecule has 7 heteroatoms. The van der Waals surface area contributed by atoms with Gasteiger partial charge in [-0.2, -0.15) is 0 Å². The number of rotatable bonds is 5. The molecule has 0 aliphatic carbocycles. The van der Waals surface area contributed by atoms with E-state index in [9.17, 15) is 4.79 Å². The van der Waals surface area contributed by atoms with E-state index >= 15 is 0 Å². The van der Waals surface area contributed by atoms with Crippen molar-refractivity contribution in [2.75, 3.05) is 5.32 Å². The Kier molecular flexibility index (Phi) is 4.79. The number of fused-ring (bicyclic) bond motifs is 1. The molecule has 142 valence electrons. The summed E-state index contributed by atoms with van der Waals surface area (Å²) in [5.74, 6) is 0.693. The Morgan fingerprint density at radius 3 is 2.82 bits per heavy atom. The summed E-state index contributed by atoms with van der Waals surface area (Å²) in [6.45, 7) is 3.86. The zero-order valence-corrected chi connectivity index (χ0v) is 16.1. The smallest absolute Gasteiger partial charge is 0.277 e. The van der Waals surface area contributed by atoms with Crippen molar-refractivity contribution in [1.29, 1.82) is 0 Å². The Morgan fingerprint density at radius 1 is 1.18 bits per heavy atom. The predicted octanol–water partition coefficient (Wildman–Crippen LogP) is 5.52. The van der Waals surface area contributed by atoms with Crippen LogP contribution in [0.25, 0.3) is 22.2 Å². The van der Waals surface area contributed by atoms with Gasteiger partial charge in [0.25, 0.3) is 5.91 Å². The number of halogens is 1. The molecule has 0 unspecified atom stereocenters. The summed E-state index contributed by atoms with van der Waals surface area (Å²) >= 11 is 6.27. The number of benzene rings is 2. The van der Waals surface area contributed by atoms with Gasteiger partial charge in [-0.05, 0) is 56.3 Å². The van der Waals surface area contributed by atoms with Crippen molar-refractivity contribution < 1.29 is 14.1 Å². The second-order valence-electron chi connectivity index (χ2n) is 6.62. The predicted molar refractivity (Wildman–Crippen MR) is 109 cm³/mol. The Balaban J connectivity index is 1.51. The maximum absolute atomic E-state index is 12.5. The second-order valence-corrected chi connectivity index (χ2v) is 7.03.